The normalized spacial score (nSPS) is 11.0. The number of carbonyl (C=O) groups is 1. The van der Waals surface area contributed by atoms with Gasteiger partial charge in [0.2, 0.25) is 0 Å². The van der Waals surface area contributed by atoms with Crippen molar-refractivity contribution < 1.29 is 18.7 Å². The van der Waals surface area contributed by atoms with E-state index in [0.29, 0.717) is 10.6 Å². The molecule has 1 heterocycles. The minimum Gasteiger partial charge on any atom is -0.478 e. The molecule has 0 aliphatic carbocycles. The molecule has 106 valence electrons. The Kier molecular flexibility index (Phi) is 3.35. The number of rotatable bonds is 3. The summed E-state index contributed by atoms with van der Waals surface area (Å²) in [5.74, 6) is -1.92. The standard InChI is InChI=1S/C15H9ClFNO3/c16-11-4-2-1-3-8(11)5-9-10(15(19)20)6-12-14(13(9)17)18-7-21-12/h1-4,6-7H,5H2,(H,19,20). The number of aromatic nitrogens is 1. The Balaban J connectivity index is 2.20. The number of oxazole rings is 1. The maximum absolute atomic E-state index is 14.5. The summed E-state index contributed by atoms with van der Waals surface area (Å²) in [6.45, 7) is 0. The van der Waals surface area contributed by atoms with Crippen molar-refractivity contribution in [3.05, 3.63) is 64.3 Å². The van der Waals surface area contributed by atoms with E-state index in [1.807, 2.05) is 0 Å². The molecular formula is C15H9ClFNO3. The van der Waals surface area contributed by atoms with Crippen LogP contribution < -0.4 is 0 Å². The van der Waals surface area contributed by atoms with E-state index in [1.54, 1.807) is 24.3 Å². The molecule has 0 bridgehead atoms. The number of carboxylic acid groups (broad SMARTS) is 1. The van der Waals surface area contributed by atoms with E-state index >= 15 is 0 Å². The number of fused-ring (bicyclic) bond motifs is 1. The van der Waals surface area contributed by atoms with Gasteiger partial charge in [0.25, 0.3) is 0 Å². The van der Waals surface area contributed by atoms with E-state index in [4.69, 9.17) is 16.0 Å². The van der Waals surface area contributed by atoms with E-state index in [9.17, 15) is 14.3 Å². The average Bonchev–Trinajstić information content (AvgIpc) is 2.92. The third kappa shape index (κ3) is 2.36. The number of aromatic carboxylic acids is 1. The van der Waals surface area contributed by atoms with Gasteiger partial charge in [-0.3, -0.25) is 0 Å². The van der Waals surface area contributed by atoms with Gasteiger partial charge in [0.1, 0.15) is 5.52 Å². The van der Waals surface area contributed by atoms with Crippen LogP contribution in [-0.2, 0) is 6.42 Å². The molecule has 0 atom stereocenters. The first-order valence-electron chi connectivity index (χ1n) is 6.09. The van der Waals surface area contributed by atoms with Crippen molar-refractivity contribution in [3.63, 3.8) is 0 Å². The van der Waals surface area contributed by atoms with Crippen LogP contribution in [0.2, 0.25) is 5.02 Å². The number of carboxylic acids is 1. The second-order valence-electron chi connectivity index (χ2n) is 4.49. The van der Waals surface area contributed by atoms with Crippen LogP contribution in [0.3, 0.4) is 0 Å². The Bertz CT molecular complexity index is 844. The van der Waals surface area contributed by atoms with E-state index < -0.39 is 11.8 Å². The van der Waals surface area contributed by atoms with Crippen molar-refractivity contribution >= 4 is 28.7 Å². The molecule has 0 spiro atoms. The molecule has 0 unspecified atom stereocenters. The van der Waals surface area contributed by atoms with Crippen LogP contribution in [-0.4, -0.2) is 16.1 Å². The number of hydrogen-bond acceptors (Lipinski definition) is 3. The van der Waals surface area contributed by atoms with Gasteiger partial charge in [-0.25, -0.2) is 14.2 Å². The molecular weight excluding hydrogens is 297 g/mol. The molecule has 3 aromatic rings. The van der Waals surface area contributed by atoms with Crippen LogP contribution in [0.5, 0.6) is 0 Å². The monoisotopic (exact) mass is 305 g/mol. The summed E-state index contributed by atoms with van der Waals surface area (Å²) in [4.78, 5) is 15.1. The zero-order valence-corrected chi connectivity index (χ0v) is 11.4. The highest BCUT2D eigenvalue weighted by Gasteiger charge is 2.21. The summed E-state index contributed by atoms with van der Waals surface area (Å²) in [5.41, 5.74) is 0.645. The van der Waals surface area contributed by atoms with Crippen LogP contribution in [0.4, 0.5) is 4.39 Å². The Labute approximate surface area is 123 Å². The van der Waals surface area contributed by atoms with Gasteiger partial charge < -0.3 is 9.52 Å². The number of nitrogens with zero attached hydrogens (tertiary/aromatic N) is 1. The van der Waals surface area contributed by atoms with E-state index in [-0.39, 0.29) is 28.6 Å². The molecule has 0 amide bonds. The summed E-state index contributed by atoms with van der Waals surface area (Å²) in [7, 11) is 0. The zero-order chi connectivity index (χ0) is 15.0. The highest BCUT2D eigenvalue weighted by molar-refractivity contribution is 6.31. The molecule has 0 saturated heterocycles. The molecule has 1 aromatic heterocycles. The lowest BCUT2D eigenvalue weighted by Crippen LogP contribution is -2.06. The number of benzene rings is 2. The van der Waals surface area contributed by atoms with Crippen molar-refractivity contribution in [1.29, 1.82) is 0 Å². The van der Waals surface area contributed by atoms with Gasteiger partial charge in [-0.05, 0) is 17.7 Å². The maximum Gasteiger partial charge on any atom is 0.336 e. The van der Waals surface area contributed by atoms with Gasteiger partial charge >= 0.3 is 5.97 Å². The van der Waals surface area contributed by atoms with Crippen molar-refractivity contribution in [2.75, 3.05) is 0 Å². The second-order valence-corrected chi connectivity index (χ2v) is 4.90. The van der Waals surface area contributed by atoms with Gasteiger partial charge in [-0.15, -0.1) is 0 Å². The topological polar surface area (TPSA) is 63.3 Å². The van der Waals surface area contributed by atoms with Crippen molar-refractivity contribution in [2.24, 2.45) is 0 Å². The molecule has 6 heteroatoms. The Morgan fingerprint density at radius 1 is 1.38 bits per heavy atom. The summed E-state index contributed by atoms with van der Waals surface area (Å²) in [6, 6.07) is 8.18. The Hall–Kier alpha value is -2.40. The quantitative estimate of drug-likeness (QED) is 0.797. The zero-order valence-electron chi connectivity index (χ0n) is 10.6. The predicted octanol–water partition coefficient (Wildman–Crippen LogP) is 3.91. The van der Waals surface area contributed by atoms with Crippen LogP contribution in [0.25, 0.3) is 11.1 Å². The van der Waals surface area contributed by atoms with Gasteiger partial charge in [0, 0.05) is 17.0 Å². The second kappa shape index (κ2) is 5.18. The molecule has 21 heavy (non-hydrogen) atoms. The fourth-order valence-corrected chi connectivity index (χ4v) is 2.40. The SMILES string of the molecule is O=C(O)c1cc2ocnc2c(F)c1Cc1ccccc1Cl. The highest BCUT2D eigenvalue weighted by atomic mass is 35.5. The lowest BCUT2D eigenvalue weighted by atomic mass is 9.98. The molecule has 0 saturated carbocycles. The summed E-state index contributed by atoms with van der Waals surface area (Å²) < 4.78 is 19.5. The molecule has 0 fully saturated rings. The Morgan fingerprint density at radius 2 is 2.14 bits per heavy atom. The van der Waals surface area contributed by atoms with Gasteiger partial charge in [-0.1, -0.05) is 29.8 Å². The van der Waals surface area contributed by atoms with E-state index in [2.05, 4.69) is 4.98 Å². The first-order chi connectivity index (χ1) is 10.1. The van der Waals surface area contributed by atoms with Gasteiger partial charge in [0.05, 0.1) is 5.56 Å². The lowest BCUT2D eigenvalue weighted by Gasteiger charge is -2.09. The largest absolute Gasteiger partial charge is 0.478 e. The van der Waals surface area contributed by atoms with Crippen LogP contribution >= 0.6 is 11.6 Å². The lowest BCUT2D eigenvalue weighted by molar-refractivity contribution is 0.0695. The fraction of sp³-hybridized carbons (Fsp3) is 0.0667. The van der Waals surface area contributed by atoms with E-state index in [1.165, 1.54) is 6.07 Å². The first kappa shape index (κ1) is 13.6. The highest BCUT2D eigenvalue weighted by Crippen LogP contribution is 2.28. The first-order valence-corrected chi connectivity index (χ1v) is 6.47. The molecule has 4 nitrogen and oxygen atoms in total. The average molecular weight is 306 g/mol. The molecule has 0 aliphatic heterocycles. The minimum atomic E-state index is -1.23. The number of halogens is 2. The predicted molar refractivity (Wildman–Crippen MR) is 75.2 cm³/mol. The van der Waals surface area contributed by atoms with Crippen LogP contribution in [0.15, 0.2) is 41.1 Å². The molecule has 0 aliphatic rings. The number of hydrogen-bond donors (Lipinski definition) is 1. The summed E-state index contributed by atoms with van der Waals surface area (Å²) in [6.07, 6.45) is 1.15. The molecule has 0 radical (unpaired) electrons. The fourth-order valence-electron chi connectivity index (χ4n) is 2.20. The Morgan fingerprint density at radius 3 is 2.86 bits per heavy atom. The molecule has 3 rings (SSSR count). The van der Waals surface area contributed by atoms with Crippen LogP contribution in [0.1, 0.15) is 21.5 Å². The van der Waals surface area contributed by atoms with Gasteiger partial charge in [0.15, 0.2) is 17.8 Å². The van der Waals surface area contributed by atoms with Crippen molar-refractivity contribution in [3.8, 4) is 0 Å². The third-order valence-corrected chi connectivity index (χ3v) is 3.59. The summed E-state index contributed by atoms with van der Waals surface area (Å²) >= 11 is 6.05. The minimum absolute atomic E-state index is 0.0158. The smallest absolute Gasteiger partial charge is 0.336 e. The van der Waals surface area contributed by atoms with Crippen LogP contribution in [0, 0.1) is 5.82 Å². The summed E-state index contributed by atoms with van der Waals surface area (Å²) in [5, 5.41) is 9.72. The van der Waals surface area contributed by atoms with Crippen molar-refractivity contribution in [2.45, 2.75) is 6.42 Å². The molecule has 1 N–H and O–H groups in total. The van der Waals surface area contributed by atoms with Crippen molar-refractivity contribution in [1.82, 2.24) is 4.98 Å². The third-order valence-electron chi connectivity index (χ3n) is 3.22. The maximum atomic E-state index is 14.5. The van der Waals surface area contributed by atoms with E-state index in [0.717, 1.165) is 6.39 Å². The molecule has 2 aromatic carbocycles. The van der Waals surface area contributed by atoms with Gasteiger partial charge in [-0.2, -0.15) is 0 Å².